The minimum Gasteiger partial charge on any atom is -0.391 e. The number of nitrogens with zero attached hydrogens (tertiary/aromatic N) is 2. The highest BCUT2D eigenvalue weighted by molar-refractivity contribution is 9.10. The zero-order valence-electron chi connectivity index (χ0n) is 10.2. The molecule has 1 aliphatic rings. The Morgan fingerprint density at radius 2 is 2.25 bits per heavy atom. The van der Waals surface area contributed by atoms with Crippen LogP contribution in [0.25, 0.3) is 0 Å². The van der Waals surface area contributed by atoms with Crippen LogP contribution in [0.2, 0.25) is 0 Å². The first-order chi connectivity index (χ1) is 7.45. The summed E-state index contributed by atoms with van der Waals surface area (Å²) >= 11 is 3.38. The van der Waals surface area contributed by atoms with E-state index in [-0.39, 0.29) is 22.9 Å². The third-order valence-corrected chi connectivity index (χ3v) is 3.92. The van der Waals surface area contributed by atoms with E-state index in [1.165, 1.54) is 0 Å². The van der Waals surface area contributed by atoms with Crippen LogP contribution in [-0.2, 0) is 4.79 Å². The number of halogens is 1. The Kier molecular flexibility index (Phi) is 5.21. The van der Waals surface area contributed by atoms with Gasteiger partial charge in [-0.3, -0.25) is 4.79 Å². The van der Waals surface area contributed by atoms with E-state index in [0.29, 0.717) is 13.0 Å². The number of aliphatic hydroxyl groups is 1. The third kappa shape index (κ3) is 3.43. The molecule has 1 N–H and O–H groups in total. The minimum absolute atomic E-state index is 0.103. The molecule has 1 saturated heterocycles. The Morgan fingerprint density at radius 3 is 2.75 bits per heavy atom. The molecule has 0 bridgehead atoms. The van der Waals surface area contributed by atoms with Crippen LogP contribution in [0.4, 0.5) is 0 Å². The Bertz CT molecular complexity index is 248. The largest absolute Gasteiger partial charge is 0.391 e. The van der Waals surface area contributed by atoms with Crippen molar-refractivity contribution >= 4 is 21.8 Å². The molecule has 3 unspecified atom stereocenters. The second-order valence-electron chi connectivity index (χ2n) is 4.67. The molecule has 16 heavy (non-hydrogen) atoms. The SMILES string of the molecule is CCC(Br)C(=O)N1CC(O)CC1CN(C)C. The summed E-state index contributed by atoms with van der Waals surface area (Å²) < 4.78 is 0. The second kappa shape index (κ2) is 5.98. The van der Waals surface area contributed by atoms with Gasteiger partial charge in [-0.25, -0.2) is 0 Å². The fraction of sp³-hybridized carbons (Fsp3) is 0.909. The quantitative estimate of drug-likeness (QED) is 0.775. The number of likely N-dealkylation sites (N-methyl/N-ethyl adjacent to an activating group) is 1. The number of rotatable bonds is 4. The van der Waals surface area contributed by atoms with Gasteiger partial charge in [0.1, 0.15) is 0 Å². The molecule has 0 aromatic carbocycles. The molecule has 94 valence electrons. The van der Waals surface area contributed by atoms with Gasteiger partial charge in [0.25, 0.3) is 0 Å². The van der Waals surface area contributed by atoms with Gasteiger partial charge in [0.15, 0.2) is 0 Å². The molecule has 1 fully saturated rings. The summed E-state index contributed by atoms with van der Waals surface area (Å²) in [5.74, 6) is 0.103. The van der Waals surface area contributed by atoms with E-state index in [2.05, 4.69) is 20.8 Å². The summed E-state index contributed by atoms with van der Waals surface area (Å²) in [6.45, 7) is 3.26. The third-order valence-electron chi connectivity index (χ3n) is 2.88. The van der Waals surface area contributed by atoms with Crippen molar-refractivity contribution < 1.29 is 9.90 Å². The summed E-state index contributed by atoms with van der Waals surface area (Å²) in [5, 5.41) is 9.66. The monoisotopic (exact) mass is 292 g/mol. The number of alkyl halides is 1. The van der Waals surface area contributed by atoms with Crippen molar-refractivity contribution in [3.8, 4) is 0 Å². The predicted octanol–water partition coefficient (Wildman–Crippen LogP) is 0.683. The number of amides is 1. The highest BCUT2D eigenvalue weighted by Gasteiger charge is 2.36. The average molecular weight is 293 g/mol. The lowest BCUT2D eigenvalue weighted by molar-refractivity contribution is -0.131. The standard InChI is InChI=1S/C11H21BrN2O2/c1-4-10(12)11(16)14-7-9(15)5-8(14)6-13(2)3/h8-10,15H,4-7H2,1-3H3. The molecule has 1 heterocycles. The molecular weight excluding hydrogens is 272 g/mol. The zero-order valence-corrected chi connectivity index (χ0v) is 11.8. The first-order valence-electron chi connectivity index (χ1n) is 5.73. The first kappa shape index (κ1) is 13.9. The average Bonchev–Trinajstić information content (AvgIpc) is 2.56. The van der Waals surface area contributed by atoms with Crippen LogP contribution < -0.4 is 0 Å². The van der Waals surface area contributed by atoms with Gasteiger partial charge < -0.3 is 14.9 Å². The van der Waals surface area contributed by atoms with Gasteiger partial charge in [-0.15, -0.1) is 0 Å². The summed E-state index contributed by atoms with van der Waals surface area (Å²) in [5.41, 5.74) is 0. The Labute approximate surface area is 106 Å². The second-order valence-corrected chi connectivity index (χ2v) is 5.78. The highest BCUT2D eigenvalue weighted by atomic mass is 79.9. The van der Waals surface area contributed by atoms with Crippen molar-refractivity contribution in [1.29, 1.82) is 0 Å². The first-order valence-corrected chi connectivity index (χ1v) is 6.64. The molecule has 1 aliphatic heterocycles. The fourth-order valence-electron chi connectivity index (χ4n) is 2.11. The van der Waals surface area contributed by atoms with Crippen LogP contribution in [0.1, 0.15) is 19.8 Å². The number of likely N-dealkylation sites (tertiary alicyclic amines) is 1. The lowest BCUT2D eigenvalue weighted by Gasteiger charge is -2.28. The van der Waals surface area contributed by atoms with Crippen LogP contribution in [0, 0.1) is 0 Å². The summed E-state index contributed by atoms with van der Waals surface area (Å²) in [7, 11) is 3.97. The fourth-order valence-corrected chi connectivity index (χ4v) is 2.37. The van der Waals surface area contributed by atoms with Gasteiger partial charge in [-0.05, 0) is 26.9 Å². The summed E-state index contributed by atoms with van der Waals surface area (Å²) in [6, 6.07) is 0.143. The topological polar surface area (TPSA) is 43.8 Å². The lowest BCUT2D eigenvalue weighted by atomic mass is 10.2. The van der Waals surface area contributed by atoms with E-state index in [1.807, 2.05) is 25.9 Å². The van der Waals surface area contributed by atoms with Crippen LogP contribution in [0.15, 0.2) is 0 Å². The molecule has 5 heteroatoms. The van der Waals surface area contributed by atoms with E-state index < -0.39 is 0 Å². The van der Waals surface area contributed by atoms with Gasteiger partial charge >= 0.3 is 0 Å². The molecule has 1 rings (SSSR count). The van der Waals surface area contributed by atoms with Crippen molar-refractivity contribution in [3.05, 3.63) is 0 Å². The zero-order chi connectivity index (χ0) is 12.3. The van der Waals surface area contributed by atoms with Crippen molar-refractivity contribution in [2.75, 3.05) is 27.2 Å². The maximum Gasteiger partial charge on any atom is 0.236 e. The lowest BCUT2D eigenvalue weighted by Crippen LogP contribution is -2.44. The molecule has 0 aromatic rings. The van der Waals surface area contributed by atoms with E-state index in [1.54, 1.807) is 0 Å². The molecular formula is C11H21BrN2O2. The Morgan fingerprint density at radius 1 is 1.62 bits per heavy atom. The van der Waals surface area contributed by atoms with Crippen LogP contribution >= 0.6 is 15.9 Å². The van der Waals surface area contributed by atoms with Crippen molar-refractivity contribution in [3.63, 3.8) is 0 Å². The number of β-amino-alcohol motifs (C(OH)–C–C–N with tert-alkyl or cyclic N) is 1. The summed E-state index contributed by atoms with van der Waals surface area (Å²) in [6.07, 6.45) is 1.10. The van der Waals surface area contributed by atoms with Crippen LogP contribution in [0.3, 0.4) is 0 Å². The minimum atomic E-state index is -0.370. The van der Waals surface area contributed by atoms with Crippen molar-refractivity contribution in [2.45, 2.75) is 36.7 Å². The Hall–Kier alpha value is -0.130. The number of aliphatic hydroxyl groups excluding tert-OH is 1. The highest BCUT2D eigenvalue weighted by Crippen LogP contribution is 2.22. The van der Waals surface area contributed by atoms with Crippen LogP contribution in [-0.4, -0.2) is 65.0 Å². The number of carbonyl (C=O) groups is 1. The molecule has 1 amide bonds. The molecule has 0 radical (unpaired) electrons. The van der Waals surface area contributed by atoms with Crippen LogP contribution in [0.5, 0.6) is 0 Å². The van der Waals surface area contributed by atoms with E-state index in [9.17, 15) is 9.90 Å². The van der Waals surface area contributed by atoms with E-state index >= 15 is 0 Å². The van der Waals surface area contributed by atoms with Gasteiger partial charge in [0.2, 0.25) is 5.91 Å². The molecule has 3 atom stereocenters. The molecule has 0 aromatic heterocycles. The Balaban J connectivity index is 2.65. The number of carbonyl (C=O) groups excluding carboxylic acids is 1. The van der Waals surface area contributed by atoms with Gasteiger partial charge in [-0.1, -0.05) is 22.9 Å². The maximum atomic E-state index is 12.1. The predicted molar refractivity (Wildman–Crippen MR) is 67.7 cm³/mol. The van der Waals surface area contributed by atoms with Crippen molar-refractivity contribution in [1.82, 2.24) is 9.80 Å². The van der Waals surface area contributed by atoms with Gasteiger partial charge in [0.05, 0.1) is 10.9 Å². The summed E-state index contributed by atoms with van der Waals surface area (Å²) in [4.78, 5) is 15.8. The van der Waals surface area contributed by atoms with E-state index in [0.717, 1.165) is 13.0 Å². The maximum absolute atomic E-state index is 12.1. The molecule has 0 spiro atoms. The van der Waals surface area contributed by atoms with E-state index in [4.69, 9.17) is 0 Å². The van der Waals surface area contributed by atoms with Gasteiger partial charge in [0, 0.05) is 19.1 Å². The number of hydrogen-bond donors (Lipinski definition) is 1. The number of hydrogen-bond acceptors (Lipinski definition) is 3. The molecule has 0 saturated carbocycles. The van der Waals surface area contributed by atoms with Crippen molar-refractivity contribution in [2.24, 2.45) is 0 Å². The smallest absolute Gasteiger partial charge is 0.236 e. The molecule has 0 aliphatic carbocycles. The normalized spacial score (nSPS) is 27.5. The molecule has 4 nitrogen and oxygen atoms in total. The van der Waals surface area contributed by atoms with Gasteiger partial charge in [-0.2, -0.15) is 0 Å².